The van der Waals surface area contributed by atoms with Crippen LogP contribution in [0.1, 0.15) is 18.5 Å². The maximum absolute atomic E-state index is 11.9. The lowest BCUT2D eigenvalue weighted by Crippen LogP contribution is -2.30. The number of nitrogens with zero attached hydrogens (tertiary/aromatic N) is 3. The third-order valence-electron chi connectivity index (χ3n) is 3.09. The number of hydrogen-bond acceptors (Lipinski definition) is 3. The van der Waals surface area contributed by atoms with Gasteiger partial charge in [0.05, 0.1) is 12.0 Å². The Bertz CT molecular complexity index is 368. The number of carbonyl (C=O) groups is 1. The fourth-order valence-corrected chi connectivity index (χ4v) is 2.10. The molecule has 1 aliphatic rings. The minimum atomic E-state index is 0.208. The molecule has 5 nitrogen and oxygen atoms in total. The Balaban J connectivity index is 1.85. The van der Waals surface area contributed by atoms with Crippen LogP contribution in [0.2, 0.25) is 0 Å². The first-order valence-electron chi connectivity index (χ1n) is 6.22. The summed E-state index contributed by atoms with van der Waals surface area (Å²) >= 11 is 0. The Labute approximate surface area is 102 Å². The molecule has 0 aliphatic carbocycles. The molecule has 1 aromatic rings. The first kappa shape index (κ1) is 12.1. The van der Waals surface area contributed by atoms with E-state index < -0.39 is 0 Å². The summed E-state index contributed by atoms with van der Waals surface area (Å²) in [4.78, 5) is 18.1. The number of carbonyl (C=O) groups excluding carboxylic acids is 1. The molecule has 1 aliphatic heterocycles. The second-order valence-electron chi connectivity index (χ2n) is 4.48. The van der Waals surface area contributed by atoms with Crippen LogP contribution in [0.25, 0.3) is 0 Å². The molecular weight excluding hydrogens is 216 g/mol. The average molecular weight is 236 g/mol. The van der Waals surface area contributed by atoms with E-state index in [4.69, 9.17) is 0 Å². The summed E-state index contributed by atoms with van der Waals surface area (Å²) < 4.78 is 1.88. The number of aromatic nitrogens is 2. The third kappa shape index (κ3) is 3.30. The van der Waals surface area contributed by atoms with Crippen molar-refractivity contribution in [3.05, 3.63) is 18.2 Å². The first-order chi connectivity index (χ1) is 8.29. The molecule has 0 bridgehead atoms. The molecule has 1 amide bonds. The number of rotatable bonds is 5. The Morgan fingerprint density at radius 2 is 2.24 bits per heavy atom. The maximum atomic E-state index is 11.9. The van der Waals surface area contributed by atoms with E-state index in [0.29, 0.717) is 6.54 Å². The van der Waals surface area contributed by atoms with Gasteiger partial charge in [0.15, 0.2) is 0 Å². The van der Waals surface area contributed by atoms with Crippen molar-refractivity contribution in [3.8, 4) is 0 Å². The lowest BCUT2D eigenvalue weighted by atomic mass is 10.3. The lowest BCUT2D eigenvalue weighted by Gasteiger charge is -2.14. The molecule has 17 heavy (non-hydrogen) atoms. The van der Waals surface area contributed by atoms with Gasteiger partial charge in [0.25, 0.3) is 0 Å². The van der Waals surface area contributed by atoms with Crippen molar-refractivity contribution >= 4 is 5.91 Å². The highest BCUT2D eigenvalue weighted by Gasteiger charge is 2.17. The van der Waals surface area contributed by atoms with Crippen LogP contribution in [0, 0.1) is 0 Å². The zero-order valence-corrected chi connectivity index (χ0v) is 10.4. The number of hydrogen-bond donors (Lipinski definition) is 1. The highest BCUT2D eigenvalue weighted by molar-refractivity contribution is 5.76. The van der Waals surface area contributed by atoms with Gasteiger partial charge in [0.2, 0.25) is 5.91 Å². The summed E-state index contributed by atoms with van der Waals surface area (Å²) in [7, 11) is 1.92. The molecule has 0 saturated carbocycles. The van der Waals surface area contributed by atoms with Crippen LogP contribution < -0.4 is 5.32 Å². The van der Waals surface area contributed by atoms with Gasteiger partial charge in [-0.25, -0.2) is 4.98 Å². The quantitative estimate of drug-likeness (QED) is 0.798. The summed E-state index contributed by atoms with van der Waals surface area (Å²) in [5.74, 6) is 0.208. The summed E-state index contributed by atoms with van der Waals surface area (Å²) in [6.07, 6.45) is 6.90. The second kappa shape index (κ2) is 5.82. The van der Waals surface area contributed by atoms with Crippen molar-refractivity contribution in [2.75, 3.05) is 26.7 Å². The van der Waals surface area contributed by atoms with E-state index in [-0.39, 0.29) is 5.91 Å². The highest BCUT2D eigenvalue weighted by Crippen LogP contribution is 2.08. The molecule has 1 aromatic heterocycles. The summed E-state index contributed by atoms with van der Waals surface area (Å²) in [5.41, 5.74) is 1.04. The van der Waals surface area contributed by atoms with Gasteiger partial charge in [-0.15, -0.1) is 0 Å². The standard InChI is InChI=1S/C12H20N4O/c1-13-5-4-11-8-15(10-14-11)9-12(17)16-6-2-3-7-16/h8,10,13H,2-7,9H2,1H3. The normalized spacial score (nSPS) is 15.5. The molecule has 0 unspecified atom stereocenters. The van der Waals surface area contributed by atoms with Gasteiger partial charge < -0.3 is 14.8 Å². The molecule has 0 aromatic carbocycles. The maximum Gasteiger partial charge on any atom is 0.242 e. The van der Waals surface area contributed by atoms with Gasteiger partial charge in [-0.3, -0.25) is 4.79 Å². The molecule has 2 heterocycles. The highest BCUT2D eigenvalue weighted by atomic mass is 16.2. The van der Waals surface area contributed by atoms with Crippen LogP contribution in [0.5, 0.6) is 0 Å². The number of likely N-dealkylation sites (N-methyl/N-ethyl adjacent to an activating group) is 1. The molecule has 0 spiro atoms. The Morgan fingerprint density at radius 3 is 2.94 bits per heavy atom. The van der Waals surface area contributed by atoms with E-state index >= 15 is 0 Å². The Morgan fingerprint density at radius 1 is 1.47 bits per heavy atom. The van der Waals surface area contributed by atoms with Gasteiger partial charge in [-0.05, 0) is 19.9 Å². The number of nitrogens with one attached hydrogen (secondary N) is 1. The Kier molecular flexibility index (Phi) is 4.14. The smallest absolute Gasteiger partial charge is 0.242 e. The van der Waals surface area contributed by atoms with Crippen LogP contribution >= 0.6 is 0 Å². The molecule has 2 rings (SSSR count). The van der Waals surface area contributed by atoms with Gasteiger partial charge >= 0.3 is 0 Å². The lowest BCUT2D eigenvalue weighted by molar-refractivity contribution is -0.130. The zero-order valence-electron chi connectivity index (χ0n) is 10.4. The molecule has 94 valence electrons. The van der Waals surface area contributed by atoms with E-state index in [1.165, 1.54) is 0 Å². The summed E-state index contributed by atoms with van der Waals surface area (Å²) in [6.45, 7) is 3.17. The topological polar surface area (TPSA) is 50.2 Å². The predicted molar refractivity (Wildman–Crippen MR) is 65.7 cm³/mol. The number of imidazole rings is 1. The van der Waals surface area contributed by atoms with E-state index in [9.17, 15) is 4.79 Å². The monoisotopic (exact) mass is 236 g/mol. The van der Waals surface area contributed by atoms with Crippen molar-refractivity contribution in [3.63, 3.8) is 0 Å². The minimum Gasteiger partial charge on any atom is -0.341 e. The van der Waals surface area contributed by atoms with E-state index in [1.807, 2.05) is 22.7 Å². The predicted octanol–water partition coefficient (Wildman–Crippen LogP) is 0.267. The molecule has 5 heteroatoms. The third-order valence-corrected chi connectivity index (χ3v) is 3.09. The SMILES string of the molecule is CNCCc1cn(CC(=O)N2CCCC2)cn1. The van der Waals surface area contributed by atoms with E-state index in [0.717, 1.165) is 44.6 Å². The van der Waals surface area contributed by atoms with Gasteiger partial charge in [0, 0.05) is 32.3 Å². The van der Waals surface area contributed by atoms with E-state index in [1.54, 1.807) is 6.33 Å². The average Bonchev–Trinajstić information content (AvgIpc) is 2.97. The van der Waals surface area contributed by atoms with Crippen molar-refractivity contribution in [2.45, 2.75) is 25.8 Å². The van der Waals surface area contributed by atoms with Crippen LogP contribution in [0.15, 0.2) is 12.5 Å². The largest absolute Gasteiger partial charge is 0.341 e. The first-order valence-corrected chi connectivity index (χ1v) is 6.22. The zero-order chi connectivity index (χ0) is 12.1. The Hall–Kier alpha value is -1.36. The van der Waals surface area contributed by atoms with Crippen LogP contribution in [-0.2, 0) is 17.8 Å². The minimum absolute atomic E-state index is 0.208. The molecule has 0 radical (unpaired) electrons. The van der Waals surface area contributed by atoms with Crippen LogP contribution in [-0.4, -0.2) is 47.0 Å². The molecule has 1 fully saturated rings. The van der Waals surface area contributed by atoms with E-state index in [2.05, 4.69) is 10.3 Å². The van der Waals surface area contributed by atoms with Crippen molar-refractivity contribution in [2.24, 2.45) is 0 Å². The van der Waals surface area contributed by atoms with Crippen molar-refractivity contribution in [1.82, 2.24) is 19.8 Å². The van der Waals surface area contributed by atoms with Gasteiger partial charge in [0.1, 0.15) is 6.54 Å². The van der Waals surface area contributed by atoms with Crippen molar-refractivity contribution < 1.29 is 4.79 Å². The second-order valence-corrected chi connectivity index (χ2v) is 4.48. The fraction of sp³-hybridized carbons (Fsp3) is 0.667. The van der Waals surface area contributed by atoms with Gasteiger partial charge in [-0.1, -0.05) is 0 Å². The van der Waals surface area contributed by atoms with Gasteiger partial charge in [-0.2, -0.15) is 0 Å². The molecular formula is C12H20N4O. The molecule has 0 atom stereocenters. The molecule has 1 saturated heterocycles. The summed E-state index contributed by atoms with van der Waals surface area (Å²) in [6, 6.07) is 0. The molecule has 1 N–H and O–H groups in total. The summed E-state index contributed by atoms with van der Waals surface area (Å²) in [5, 5.41) is 3.09. The van der Waals surface area contributed by atoms with Crippen molar-refractivity contribution in [1.29, 1.82) is 0 Å². The fourth-order valence-electron chi connectivity index (χ4n) is 2.10. The number of amides is 1. The van der Waals surface area contributed by atoms with Crippen LogP contribution in [0.3, 0.4) is 0 Å². The number of likely N-dealkylation sites (tertiary alicyclic amines) is 1. The van der Waals surface area contributed by atoms with Crippen LogP contribution in [0.4, 0.5) is 0 Å².